The summed E-state index contributed by atoms with van der Waals surface area (Å²) in [6.07, 6.45) is 3.39. The fourth-order valence-electron chi connectivity index (χ4n) is 1.93. The van der Waals surface area contributed by atoms with E-state index in [0.717, 1.165) is 6.20 Å². The van der Waals surface area contributed by atoms with Crippen molar-refractivity contribution in [2.45, 2.75) is 19.8 Å². The van der Waals surface area contributed by atoms with Gasteiger partial charge in [0.05, 0.1) is 4.92 Å². The Kier molecular flexibility index (Phi) is 3.99. The van der Waals surface area contributed by atoms with E-state index in [2.05, 4.69) is 17.2 Å². The van der Waals surface area contributed by atoms with E-state index in [1.54, 1.807) is 0 Å². The van der Waals surface area contributed by atoms with Crippen LogP contribution in [0.3, 0.4) is 0 Å². The zero-order valence-electron chi connectivity index (χ0n) is 10.4. The number of hydrogen-bond acceptors (Lipinski definition) is 4. The number of nitrogens with zero attached hydrogens (tertiary/aromatic N) is 2. The topological polar surface area (TPSA) is 85.1 Å². The second kappa shape index (κ2) is 5.52. The van der Waals surface area contributed by atoms with Gasteiger partial charge in [0, 0.05) is 6.54 Å². The highest BCUT2D eigenvalue weighted by atomic mass is 35.5. The molecule has 1 atom stereocenters. The number of halogens is 1. The summed E-state index contributed by atoms with van der Waals surface area (Å²) in [5.74, 6) is 0.570. The van der Waals surface area contributed by atoms with E-state index in [1.165, 1.54) is 18.9 Å². The Morgan fingerprint density at radius 1 is 1.68 bits per heavy atom. The van der Waals surface area contributed by atoms with Crippen molar-refractivity contribution in [2.75, 3.05) is 6.54 Å². The first-order valence-electron chi connectivity index (χ1n) is 6.07. The molecule has 1 aliphatic carbocycles. The SMILES string of the molecule is CC(CNC(=O)c1cc(Cl)ncc1[N+](=O)[O-])C1CC1. The lowest BCUT2D eigenvalue weighted by molar-refractivity contribution is -0.385. The molecule has 0 aliphatic heterocycles. The molecule has 1 aromatic heterocycles. The van der Waals surface area contributed by atoms with Crippen LogP contribution in [0.25, 0.3) is 0 Å². The highest BCUT2D eigenvalue weighted by molar-refractivity contribution is 6.29. The lowest BCUT2D eigenvalue weighted by Gasteiger charge is -2.11. The molecule has 2 rings (SSSR count). The summed E-state index contributed by atoms with van der Waals surface area (Å²) >= 11 is 5.68. The number of aromatic nitrogens is 1. The largest absolute Gasteiger partial charge is 0.352 e. The van der Waals surface area contributed by atoms with Crippen molar-refractivity contribution in [1.82, 2.24) is 10.3 Å². The van der Waals surface area contributed by atoms with Gasteiger partial charge in [0.2, 0.25) is 0 Å². The second-order valence-electron chi connectivity index (χ2n) is 4.81. The fourth-order valence-corrected chi connectivity index (χ4v) is 2.09. The molecule has 1 aromatic rings. The lowest BCUT2D eigenvalue weighted by Crippen LogP contribution is -2.29. The van der Waals surface area contributed by atoms with Crippen LogP contribution in [0.2, 0.25) is 5.15 Å². The molecule has 102 valence electrons. The molecule has 0 radical (unpaired) electrons. The van der Waals surface area contributed by atoms with Gasteiger partial charge in [0.25, 0.3) is 11.6 Å². The van der Waals surface area contributed by atoms with Crippen LogP contribution in [0.4, 0.5) is 5.69 Å². The molecule has 0 saturated heterocycles. The minimum Gasteiger partial charge on any atom is -0.352 e. The number of carbonyl (C=O) groups excluding carboxylic acids is 1. The van der Waals surface area contributed by atoms with Gasteiger partial charge in [-0.2, -0.15) is 0 Å². The molecule has 19 heavy (non-hydrogen) atoms. The zero-order chi connectivity index (χ0) is 14.0. The number of nitrogens with one attached hydrogen (secondary N) is 1. The summed E-state index contributed by atoms with van der Waals surface area (Å²) in [4.78, 5) is 25.8. The summed E-state index contributed by atoms with van der Waals surface area (Å²) in [7, 11) is 0. The summed E-state index contributed by atoms with van der Waals surface area (Å²) in [5.41, 5.74) is -0.381. The van der Waals surface area contributed by atoms with Gasteiger partial charge >= 0.3 is 0 Å². The summed E-state index contributed by atoms with van der Waals surface area (Å²) in [6, 6.07) is 1.22. The predicted molar refractivity (Wildman–Crippen MR) is 70.1 cm³/mol. The molecule has 1 N–H and O–H groups in total. The molecule has 6 nitrogen and oxygen atoms in total. The number of amides is 1. The fraction of sp³-hybridized carbons (Fsp3) is 0.500. The molecule has 1 aliphatic rings. The van der Waals surface area contributed by atoms with Gasteiger partial charge in [0.15, 0.2) is 0 Å². The Hall–Kier alpha value is -1.69. The third-order valence-corrected chi connectivity index (χ3v) is 3.51. The van der Waals surface area contributed by atoms with Gasteiger partial charge in [-0.25, -0.2) is 4.98 Å². The Bertz CT molecular complexity index is 517. The minimum absolute atomic E-state index is 0.0482. The molecule has 0 spiro atoms. The maximum Gasteiger partial charge on any atom is 0.300 e. The van der Waals surface area contributed by atoms with Crippen molar-refractivity contribution in [1.29, 1.82) is 0 Å². The van der Waals surface area contributed by atoms with Gasteiger partial charge in [-0.15, -0.1) is 0 Å². The van der Waals surface area contributed by atoms with Crippen LogP contribution in [0, 0.1) is 22.0 Å². The molecule has 1 heterocycles. The van der Waals surface area contributed by atoms with E-state index in [0.29, 0.717) is 18.4 Å². The highest BCUT2D eigenvalue weighted by Gasteiger charge is 2.28. The Labute approximate surface area is 115 Å². The van der Waals surface area contributed by atoms with Crippen molar-refractivity contribution < 1.29 is 9.72 Å². The molecule has 1 unspecified atom stereocenters. The Morgan fingerprint density at radius 2 is 2.37 bits per heavy atom. The predicted octanol–water partition coefficient (Wildman–Crippen LogP) is 2.42. The molecule has 1 saturated carbocycles. The molecule has 0 bridgehead atoms. The monoisotopic (exact) mass is 283 g/mol. The van der Waals surface area contributed by atoms with Crippen molar-refractivity contribution in [2.24, 2.45) is 11.8 Å². The van der Waals surface area contributed by atoms with E-state index in [4.69, 9.17) is 11.6 Å². The first kappa shape index (κ1) is 13.7. The number of nitro groups is 1. The van der Waals surface area contributed by atoms with Crippen molar-refractivity contribution >= 4 is 23.2 Å². The Balaban J connectivity index is 2.08. The summed E-state index contributed by atoms with van der Waals surface area (Å²) in [6.45, 7) is 2.58. The molecular formula is C12H14ClN3O3. The number of hydrogen-bond donors (Lipinski definition) is 1. The standard InChI is InChI=1S/C12H14ClN3O3/c1-7(8-2-3-8)5-15-12(17)9-4-11(13)14-6-10(9)16(18)19/h4,6-8H,2-3,5H2,1H3,(H,15,17). The van der Waals surface area contributed by atoms with Gasteiger partial charge < -0.3 is 5.32 Å². The van der Waals surface area contributed by atoms with E-state index >= 15 is 0 Å². The number of rotatable bonds is 5. The maximum atomic E-state index is 12.0. The van der Waals surface area contributed by atoms with Crippen LogP contribution in [-0.2, 0) is 0 Å². The quantitative estimate of drug-likeness (QED) is 0.511. The molecule has 0 aromatic carbocycles. The molecular weight excluding hydrogens is 270 g/mol. The Morgan fingerprint density at radius 3 is 2.95 bits per heavy atom. The molecule has 7 heteroatoms. The van der Waals surface area contributed by atoms with Crippen LogP contribution < -0.4 is 5.32 Å². The van der Waals surface area contributed by atoms with Gasteiger partial charge in [-0.1, -0.05) is 18.5 Å². The molecule has 1 fully saturated rings. The maximum absolute atomic E-state index is 12.0. The van der Waals surface area contributed by atoms with Gasteiger partial charge in [0.1, 0.15) is 16.9 Å². The van der Waals surface area contributed by atoms with E-state index < -0.39 is 10.8 Å². The number of pyridine rings is 1. The van der Waals surface area contributed by atoms with Crippen LogP contribution >= 0.6 is 11.6 Å². The van der Waals surface area contributed by atoms with Crippen molar-refractivity contribution in [3.63, 3.8) is 0 Å². The van der Waals surface area contributed by atoms with E-state index in [9.17, 15) is 14.9 Å². The van der Waals surface area contributed by atoms with E-state index in [-0.39, 0.29) is 16.4 Å². The van der Waals surface area contributed by atoms with E-state index in [1.807, 2.05) is 0 Å². The van der Waals surface area contributed by atoms with Crippen molar-refractivity contribution in [3.05, 3.63) is 33.1 Å². The summed E-state index contributed by atoms with van der Waals surface area (Å²) in [5, 5.41) is 13.6. The first-order chi connectivity index (χ1) is 8.99. The zero-order valence-corrected chi connectivity index (χ0v) is 11.2. The first-order valence-corrected chi connectivity index (χ1v) is 6.45. The molecule has 1 amide bonds. The average Bonchev–Trinajstić information content (AvgIpc) is 3.19. The normalized spacial score (nSPS) is 15.9. The van der Waals surface area contributed by atoms with Gasteiger partial charge in [-0.3, -0.25) is 14.9 Å². The third-order valence-electron chi connectivity index (χ3n) is 3.30. The van der Waals surface area contributed by atoms with Crippen LogP contribution in [0.1, 0.15) is 30.1 Å². The van der Waals surface area contributed by atoms with Crippen molar-refractivity contribution in [3.8, 4) is 0 Å². The second-order valence-corrected chi connectivity index (χ2v) is 5.19. The van der Waals surface area contributed by atoms with Crippen LogP contribution in [0.15, 0.2) is 12.3 Å². The highest BCUT2D eigenvalue weighted by Crippen LogP contribution is 2.36. The lowest BCUT2D eigenvalue weighted by atomic mass is 10.1. The average molecular weight is 284 g/mol. The summed E-state index contributed by atoms with van der Waals surface area (Å²) < 4.78 is 0. The van der Waals surface area contributed by atoms with Crippen LogP contribution in [0.5, 0.6) is 0 Å². The smallest absolute Gasteiger partial charge is 0.300 e. The van der Waals surface area contributed by atoms with Crippen LogP contribution in [-0.4, -0.2) is 22.4 Å². The third kappa shape index (κ3) is 3.41. The number of carbonyl (C=O) groups is 1. The van der Waals surface area contributed by atoms with Gasteiger partial charge in [-0.05, 0) is 30.7 Å². The minimum atomic E-state index is -0.636.